The van der Waals surface area contributed by atoms with E-state index in [-0.39, 0.29) is 11.7 Å². The number of nitrogens with zero attached hydrogens (tertiary/aromatic N) is 2. The molecule has 26 heavy (non-hydrogen) atoms. The Morgan fingerprint density at radius 2 is 1.73 bits per heavy atom. The monoisotopic (exact) mass is 367 g/mol. The number of aryl methyl sites for hydroxylation is 1. The molecule has 0 aliphatic heterocycles. The third-order valence-corrected chi connectivity index (χ3v) is 4.55. The van der Waals surface area contributed by atoms with Gasteiger partial charge in [-0.05, 0) is 37.3 Å². The minimum atomic E-state index is -0.300. The van der Waals surface area contributed by atoms with Crippen molar-refractivity contribution >= 4 is 23.3 Å². The van der Waals surface area contributed by atoms with Crippen LogP contribution < -0.4 is 5.32 Å². The molecule has 6 heteroatoms. The zero-order chi connectivity index (χ0) is 18.7. The molecule has 0 aliphatic carbocycles. The smallest absolute Gasteiger partial charge is 0.252 e. The van der Waals surface area contributed by atoms with Crippen LogP contribution in [0.5, 0.6) is 0 Å². The summed E-state index contributed by atoms with van der Waals surface area (Å²) in [6.07, 6.45) is 1.72. The molecular formula is C20H18ClN3O2. The van der Waals surface area contributed by atoms with Crippen LogP contribution in [0.4, 0.5) is 0 Å². The fourth-order valence-electron chi connectivity index (χ4n) is 2.62. The van der Waals surface area contributed by atoms with Gasteiger partial charge in [-0.1, -0.05) is 29.8 Å². The topological polar surface area (TPSA) is 64.0 Å². The zero-order valence-electron chi connectivity index (χ0n) is 14.5. The molecule has 2 aromatic carbocycles. The van der Waals surface area contributed by atoms with Crippen LogP contribution in [0.25, 0.3) is 0 Å². The first kappa shape index (κ1) is 17.9. The molecule has 132 valence electrons. The Morgan fingerprint density at radius 1 is 1.08 bits per heavy atom. The van der Waals surface area contributed by atoms with E-state index in [4.69, 9.17) is 11.6 Å². The van der Waals surface area contributed by atoms with E-state index in [1.165, 1.54) is 0 Å². The Bertz CT molecular complexity index is 961. The van der Waals surface area contributed by atoms with Crippen LogP contribution in [-0.4, -0.2) is 21.5 Å². The maximum absolute atomic E-state index is 12.8. The van der Waals surface area contributed by atoms with Crippen LogP contribution in [0.2, 0.25) is 5.02 Å². The van der Waals surface area contributed by atoms with Crippen molar-refractivity contribution < 1.29 is 9.59 Å². The van der Waals surface area contributed by atoms with Gasteiger partial charge < -0.3 is 5.32 Å². The first-order chi connectivity index (χ1) is 12.5. The lowest BCUT2D eigenvalue weighted by Gasteiger charge is -2.10. The molecule has 3 rings (SSSR count). The average molecular weight is 368 g/mol. The average Bonchev–Trinajstić information content (AvgIpc) is 2.98. The SMILES string of the molecule is Cc1c(CNC(=O)c2ccccc2C(=O)c2ccc(Cl)cc2)cnn1C. The van der Waals surface area contributed by atoms with Crippen molar-refractivity contribution in [2.24, 2.45) is 7.05 Å². The molecular weight excluding hydrogens is 350 g/mol. The summed E-state index contributed by atoms with van der Waals surface area (Å²) in [5.74, 6) is -0.517. The number of amides is 1. The lowest BCUT2D eigenvalue weighted by molar-refractivity contribution is 0.0939. The van der Waals surface area contributed by atoms with Crippen LogP contribution in [0.3, 0.4) is 0 Å². The van der Waals surface area contributed by atoms with Gasteiger partial charge in [0.1, 0.15) is 0 Å². The van der Waals surface area contributed by atoms with Gasteiger partial charge in [0.05, 0.1) is 11.8 Å². The van der Waals surface area contributed by atoms with Crippen molar-refractivity contribution in [1.29, 1.82) is 0 Å². The Labute approximate surface area is 156 Å². The van der Waals surface area contributed by atoms with Gasteiger partial charge in [-0.2, -0.15) is 5.10 Å². The van der Waals surface area contributed by atoms with Crippen LogP contribution in [0.1, 0.15) is 37.5 Å². The predicted molar refractivity (Wildman–Crippen MR) is 100 cm³/mol. The Kier molecular flexibility index (Phi) is 5.19. The molecule has 0 saturated carbocycles. The summed E-state index contributed by atoms with van der Waals surface area (Å²) >= 11 is 5.88. The molecule has 0 radical (unpaired) electrons. The van der Waals surface area contributed by atoms with E-state index in [0.717, 1.165) is 11.3 Å². The zero-order valence-corrected chi connectivity index (χ0v) is 15.2. The maximum Gasteiger partial charge on any atom is 0.252 e. The van der Waals surface area contributed by atoms with Crippen molar-refractivity contribution in [3.8, 4) is 0 Å². The van der Waals surface area contributed by atoms with E-state index < -0.39 is 0 Å². The molecule has 1 N–H and O–H groups in total. The highest BCUT2D eigenvalue weighted by molar-refractivity contribution is 6.30. The molecule has 0 bridgehead atoms. The summed E-state index contributed by atoms with van der Waals surface area (Å²) in [7, 11) is 1.85. The highest BCUT2D eigenvalue weighted by atomic mass is 35.5. The van der Waals surface area contributed by atoms with E-state index in [9.17, 15) is 9.59 Å². The number of benzene rings is 2. The summed E-state index contributed by atoms with van der Waals surface area (Å²) in [5, 5.41) is 7.57. The standard InChI is InChI=1S/C20H18ClN3O2/c1-13-15(12-23-24(13)2)11-22-20(26)18-6-4-3-5-17(18)19(25)14-7-9-16(21)10-8-14/h3-10,12H,11H2,1-2H3,(H,22,26). The van der Waals surface area contributed by atoms with Gasteiger partial charge >= 0.3 is 0 Å². The summed E-state index contributed by atoms with van der Waals surface area (Å²) in [5.41, 5.74) is 3.10. The molecule has 0 fully saturated rings. The number of halogens is 1. The molecule has 5 nitrogen and oxygen atoms in total. The first-order valence-corrected chi connectivity index (χ1v) is 8.50. The van der Waals surface area contributed by atoms with E-state index in [2.05, 4.69) is 10.4 Å². The summed E-state index contributed by atoms with van der Waals surface area (Å²) < 4.78 is 1.75. The van der Waals surface area contributed by atoms with Crippen molar-refractivity contribution in [2.45, 2.75) is 13.5 Å². The summed E-state index contributed by atoms with van der Waals surface area (Å²) in [6.45, 7) is 2.29. The lowest BCUT2D eigenvalue weighted by atomic mass is 9.98. The number of hydrogen-bond donors (Lipinski definition) is 1. The van der Waals surface area contributed by atoms with E-state index in [1.807, 2.05) is 14.0 Å². The second-order valence-electron chi connectivity index (χ2n) is 5.94. The number of hydrogen-bond acceptors (Lipinski definition) is 3. The number of carbonyl (C=O) groups is 2. The van der Waals surface area contributed by atoms with Crippen LogP contribution in [-0.2, 0) is 13.6 Å². The third-order valence-electron chi connectivity index (χ3n) is 4.30. The number of aromatic nitrogens is 2. The molecule has 0 aliphatic rings. The Hall–Kier alpha value is -2.92. The van der Waals surface area contributed by atoms with Crippen molar-refractivity contribution in [1.82, 2.24) is 15.1 Å². The molecule has 1 aromatic heterocycles. The van der Waals surface area contributed by atoms with E-state index >= 15 is 0 Å². The van der Waals surface area contributed by atoms with Crippen molar-refractivity contribution in [3.05, 3.63) is 87.7 Å². The van der Waals surface area contributed by atoms with Crippen LogP contribution >= 0.6 is 11.6 Å². The lowest BCUT2D eigenvalue weighted by Crippen LogP contribution is -2.25. The third kappa shape index (κ3) is 3.68. The summed E-state index contributed by atoms with van der Waals surface area (Å²) in [4.78, 5) is 25.4. The Balaban J connectivity index is 1.82. The van der Waals surface area contributed by atoms with Gasteiger partial charge in [0.15, 0.2) is 5.78 Å². The number of carbonyl (C=O) groups excluding carboxylic acids is 2. The minimum Gasteiger partial charge on any atom is -0.348 e. The molecule has 1 amide bonds. The second-order valence-corrected chi connectivity index (χ2v) is 6.38. The molecule has 1 heterocycles. The highest BCUT2D eigenvalue weighted by Gasteiger charge is 2.18. The number of ketones is 1. The van der Waals surface area contributed by atoms with Gasteiger partial charge in [0, 0.05) is 41.0 Å². The van der Waals surface area contributed by atoms with Crippen LogP contribution in [0, 0.1) is 6.92 Å². The van der Waals surface area contributed by atoms with Crippen molar-refractivity contribution in [2.75, 3.05) is 0 Å². The van der Waals surface area contributed by atoms with Gasteiger partial charge in [-0.3, -0.25) is 14.3 Å². The predicted octanol–water partition coefficient (Wildman–Crippen LogP) is 3.54. The maximum atomic E-state index is 12.8. The Morgan fingerprint density at radius 3 is 2.35 bits per heavy atom. The van der Waals surface area contributed by atoms with Gasteiger partial charge in [0.2, 0.25) is 0 Å². The molecule has 0 saturated heterocycles. The fraction of sp³-hybridized carbons (Fsp3) is 0.150. The van der Waals surface area contributed by atoms with E-state index in [1.54, 1.807) is 59.4 Å². The fourth-order valence-corrected chi connectivity index (χ4v) is 2.75. The van der Waals surface area contributed by atoms with E-state index in [0.29, 0.717) is 28.3 Å². The minimum absolute atomic E-state index is 0.218. The van der Waals surface area contributed by atoms with Crippen molar-refractivity contribution in [3.63, 3.8) is 0 Å². The van der Waals surface area contributed by atoms with Gasteiger partial charge in [-0.25, -0.2) is 0 Å². The number of rotatable bonds is 5. The molecule has 0 unspecified atom stereocenters. The number of nitrogens with one attached hydrogen (secondary N) is 1. The van der Waals surface area contributed by atoms with Gasteiger partial charge in [0.25, 0.3) is 5.91 Å². The van der Waals surface area contributed by atoms with Gasteiger partial charge in [-0.15, -0.1) is 0 Å². The molecule has 0 spiro atoms. The highest BCUT2D eigenvalue weighted by Crippen LogP contribution is 2.17. The summed E-state index contributed by atoms with van der Waals surface area (Å²) in [6, 6.07) is 13.4. The first-order valence-electron chi connectivity index (χ1n) is 8.12. The second kappa shape index (κ2) is 7.54. The molecule has 0 atom stereocenters. The quantitative estimate of drug-likeness (QED) is 0.701. The largest absolute Gasteiger partial charge is 0.348 e. The normalized spacial score (nSPS) is 10.6. The molecule has 3 aromatic rings. The van der Waals surface area contributed by atoms with Crippen LogP contribution in [0.15, 0.2) is 54.7 Å².